The monoisotopic (exact) mass is 215 g/mol. The second kappa shape index (κ2) is 4.24. The molecule has 0 bridgehead atoms. The van der Waals surface area contributed by atoms with Crippen molar-refractivity contribution in [1.29, 1.82) is 0 Å². The fourth-order valence-electron chi connectivity index (χ4n) is 2.57. The summed E-state index contributed by atoms with van der Waals surface area (Å²) in [7, 11) is 0. The van der Waals surface area contributed by atoms with Crippen LogP contribution in [0, 0.1) is 0 Å². The molecule has 0 radical (unpaired) electrons. The van der Waals surface area contributed by atoms with Crippen LogP contribution in [0.5, 0.6) is 0 Å². The second-order valence-corrected chi connectivity index (χ2v) is 4.64. The zero-order valence-corrected chi connectivity index (χ0v) is 9.45. The Kier molecular flexibility index (Phi) is 2.60. The standard InChI is InChI=1S/C13H17N3/c1-2-6-10(5-1)16-13-11-7-3-4-8-12(11)14-9-15-13/h1-2,9-10H,3-8H2,(H,14,15,16). The van der Waals surface area contributed by atoms with Crippen LogP contribution in [-0.2, 0) is 12.8 Å². The van der Waals surface area contributed by atoms with Crippen molar-refractivity contribution in [2.45, 2.75) is 44.6 Å². The summed E-state index contributed by atoms with van der Waals surface area (Å²) in [6.45, 7) is 0. The molecule has 0 unspecified atom stereocenters. The molecule has 1 heterocycles. The van der Waals surface area contributed by atoms with Crippen LogP contribution in [0.1, 0.15) is 36.9 Å². The predicted molar refractivity (Wildman–Crippen MR) is 64.5 cm³/mol. The smallest absolute Gasteiger partial charge is 0.133 e. The first-order valence-electron chi connectivity index (χ1n) is 6.18. The number of aromatic nitrogens is 2. The summed E-state index contributed by atoms with van der Waals surface area (Å²) in [4.78, 5) is 8.79. The molecule has 0 atom stereocenters. The van der Waals surface area contributed by atoms with E-state index in [1.807, 2.05) is 0 Å². The van der Waals surface area contributed by atoms with Crippen LogP contribution >= 0.6 is 0 Å². The summed E-state index contributed by atoms with van der Waals surface area (Å²) in [5, 5.41) is 3.56. The van der Waals surface area contributed by atoms with Crippen LogP contribution in [0.15, 0.2) is 18.5 Å². The molecule has 0 amide bonds. The third-order valence-electron chi connectivity index (χ3n) is 3.47. The van der Waals surface area contributed by atoms with Crippen molar-refractivity contribution in [3.63, 3.8) is 0 Å². The first kappa shape index (κ1) is 9.82. The molecule has 0 saturated carbocycles. The lowest BCUT2D eigenvalue weighted by Crippen LogP contribution is -2.19. The van der Waals surface area contributed by atoms with Crippen LogP contribution in [0.4, 0.5) is 5.82 Å². The van der Waals surface area contributed by atoms with Gasteiger partial charge in [0, 0.05) is 17.3 Å². The van der Waals surface area contributed by atoms with Gasteiger partial charge in [-0.15, -0.1) is 0 Å². The van der Waals surface area contributed by atoms with E-state index < -0.39 is 0 Å². The third kappa shape index (κ3) is 1.82. The van der Waals surface area contributed by atoms with Gasteiger partial charge in [-0.1, -0.05) is 12.2 Å². The first-order valence-corrected chi connectivity index (χ1v) is 6.18. The molecule has 2 aliphatic carbocycles. The van der Waals surface area contributed by atoms with Gasteiger partial charge in [0.25, 0.3) is 0 Å². The van der Waals surface area contributed by atoms with Crippen molar-refractivity contribution in [2.75, 3.05) is 5.32 Å². The lowest BCUT2D eigenvalue weighted by Gasteiger charge is -2.20. The number of aryl methyl sites for hydroxylation is 1. The van der Waals surface area contributed by atoms with Gasteiger partial charge >= 0.3 is 0 Å². The third-order valence-corrected chi connectivity index (χ3v) is 3.47. The van der Waals surface area contributed by atoms with Gasteiger partial charge in [0.2, 0.25) is 0 Å². The molecule has 1 aromatic heterocycles. The van der Waals surface area contributed by atoms with E-state index in [1.54, 1.807) is 6.33 Å². The van der Waals surface area contributed by atoms with Gasteiger partial charge in [0.05, 0.1) is 0 Å². The molecule has 0 spiro atoms. The Bertz CT molecular complexity index is 404. The van der Waals surface area contributed by atoms with Gasteiger partial charge in [-0.2, -0.15) is 0 Å². The van der Waals surface area contributed by atoms with Crippen molar-refractivity contribution in [3.8, 4) is 0 Å². The highest BCUT2D eigenvalue weighted by Gasteiger charge is 2.18. The molecular weight excluding hydrogens is 198 g/mol. The minimum Gasteiger partial charge on any atom is -0.366 e. The maximum absolute atomic E-state index is 4.41. The van der Waals surface area contributed by atoms with Crippen molar-refractivity contribution in [2.24, 2.45) is 0 Å². The highest BCUT2D eigenvalue weighted by atomic mass is 15.0. The van der Waals surface area contributed by atoms with Crippen LogP contribution < -0.4 is 5.32 Å². The van der Waals surface area contributed by atoms with E-state index in [9.17, 15) is 0 Å². The van der Waals surface area contributed by atoms with Crippen LogP contribution in [0.3, 0.4) is 0 Å². The Hall–Kier alpha value is -1.38. The Labute approximate surface area is 96.0 Å². The molecule has 3 rings (SSSR count). The largest absolute Gasteiger partial charge is 0.366 e. The first-order chi connectivity index (χ1) is 7.93. The van der Waals surface area contributed by atoms with E-state index in [4.69, 9.17) is 0 Å². The molecule has 0 aromatic carbocycles. The van der Waals surface area contributed by atoms with Crippen molar-refractivity contribution in [3.05, 3.63) is 29.7 Å². The predicted octanol–water partition coefficient (Wildman–Crippen LogP) is 2.49. The zero-order chi connectivity index (χ0) is 10.8. The van der Waals surface area contributed by atoms with Crippen molar-refractivity contribution < 1.29 is 0 Å². The highest BCUT2D eigenvalue weighted by molar-refractivity contribution is 5.48. The molecule has 0 aliphatic heterocycles. The van der Waals surface area contributed by atoms with Gasteiger partial charge in [-0.05, 0) is 38.5 Å². The average Bonchev–Trinajstić information content (AvgIpc) is 2.82. The van der Waals surface area contributed by atoms with E-state index in [0.717, 1.165) is 31.5 Å². The van der Waals surface area contributed by atoms with Crippen LogP contribution in [0.25, 0.3) is 0 Å². The molecule has 0 fully saturated rings. The fourth-order valence-corrected chi connectivity index (χ4v) is 2.57. The zero-order valence-electron chi connectivity index (χ0n) is 9.45. The maximum atomic E-state index is 4.41. The fraction of sp³-hybridized carbons (Fsp3) is 0.538. The van der Waals surface area contributed by atoms with Crippen LogP contribution in [-0.4, -0.2) is 16.0 Å². The van der Waals surface area contributed by atoms with E-state index in [0.29, 0.717) is 6.04 Å². The Balaban J connectivity index is 1.83. The molecule has 0 saturated heterocycles. The quantitative estimate of drug-likeness (QED) is 0.770. The molecular formula is C13H17N3. The minimum atomic E-state index is 0.543. The number of rotatable bonds is 2. The second-order valence-electron chi connectivity index (χ2n) is 4.64. The van der Waals surface area contributed by atoms with E-state index in [1.165, 1.54) is 24.1 Å². The maximum Gasteiger partial charge on any atom is 0.133 e. The van der Waals surface area contributed by atoms with Crippen molar-refractivity contribution in [1.82, 2.24) is 9.97 Å². The van der Waals surface area contributed by atoms with Gasteiger partial charge < -0.3 is 5.32 Å². The van der Waals surface area contributed by atoms with Gasteiger partial charge in [0.15, 0.2) is 0 Å². The summed E-state index contributed by atoms with van der Waals surface area (Å²) in [5.74, 6) is 1.08. The minimum absolute atomic E-state index is 0.543. The molecule has 2 aliphatic rings. The van der Waals surface area contributed by atoms with Gasteiger partial charge in [-0.25, -0.2) is 9.97 Å². The number of hydrogen-bond acceptors (Lipinski definition) is 3. The summed E-state index contributed by atoms with van der Waals surface area (Å²) < 4.78 is 0. The topological polar surface area (TPSA) is 37.8 Å². The van der Waals surface area contributed by atoms with Crippen molar-refractivity contribution >= 4 is 5.82 Å². The van der Waals surface area contributed by atoms with E-state index in [2.05, 4.69) is 27.4 Å². The molecule has 16 heavy (non-hydrogen) atoms. The molecule has 1 N–H and O–H groups in total. The average molecular weight is 215 g/mol. The van der Waals surface area contributed by atoms with Gasteiger partial charge in [0.1, 0.15) is 12.1 Å². The highest BCUT2D eigenvalue weighted by Crippen LogP contribution is 2.26. The SMILES string of the molecule is C1=CCC(Nc2ncnc3c2CCCC3)C1. The molecule has 84 valence electrons. The number of nitrogens with one attached hydrogen (secondary N) is 1. The van der Waals surface area contributed by atoms with E-state index >= 15 is 0 Å². The number of fused-ring (bicyclic) bond motifs is 1. The lowest BCUT2D eigenvalue weighted by molar-refractivity contribution is 0.659. The van der Waals surface area contributed by atoms with E-state index in [-0.39, 0.29) is 0 Å². The summed E-state index contributed by atoms with van der Waals surface area (Å²) in [6.07, 6.45) is 13.2. The molecule has 1 aromatic rings. The number of nitrogens with zero attached hydrogens (tertiary/aromatic N) is 2. The Morgan fingerprint density at radius 3 is 2.75 bits per heavy atom. The van der Waals surface area contributed by atoms with Crippen LogP contribution in [0.2, 0.25) is 0 Å². The molecule has 3 heteroatoms. The summed E-state index contributed by atoms with van der Waals surface area (Å²) in [6, 6.07) is 0.543. The summed E-state index contributed by atoms with van der Waals surface area (Å²) in [5.41, 5.74) is 2.62. The summed E-state index contributed by atoms with van der Waals surface area (Å²) >= 11 is 0. The number of hydrogen-bond donors (Lipinski definition) is 1. The number of anilines is 1. The molecule has 3 nitrogen and oxygen atoms in total. The van der Waals surface area contributed by atoms with Gasteiger partial charge in [-0.3, -0.25) is 0 Å². The lowest BCUT2D eigenvalue weighted by atomic mass is 9.96. The Morgan fingerprint density at radius 2 is 1.88 bits per heavy atom. The normalized spacial score (nSPS) is 19.8. The Morgan fingerprint density at radius 1 is 1.06 bits per heavy atom.